The Balaban J connectivity index is 2.65. The van der Waals surface area contributed by atoms with Crippen LogP contribution < -0.4 is 11.3 Å². The number of hydrogen-bond donors (Lipinski definition) is 2. The first-order valence-electron chi connectivity index (χ1n) is 5.28. The van der Waals surface area contributed by atoms with E-state index in [1.54, 1.807) is 0 Å². The van der Waals surface area contributed by atoms with E-state index in [0.29, 0.717) is 5.25 Å². The molecule has 3 N–H and O–H groups in total. The standard InChI is InChI=1S/C10H20N4S/c1-4-14-10(5-6-12-14)9(13-11)7-15-8(2)3/h5-6,8-9,13H,4,7,11H2,1-3H3. The Morgan fingerprint density at radius 1 is 1.60 bits per heavy atom. The van der Waals surface area contributed by atoms with Gasteiger partial charge in [-0.05, 0) is 18.2 Å². The lowest BCUT2D eigenvalue weighted by atomic mass is 10.2. The van der Waals surface area contributed by atoms with Gasteiger partial charge in [-0.15, -0.1) is 0 Å². The van der Waals surface area contributed by atoms with Crippen LogP contribution in [-0.4, -0.2) is 20.8 Å². The van der Waals surface area contributed by atoms with Crippen LogP contribution in [0.25, 0.3) is 0 Å². The van der Waals surface area contributed by atoms with Gasteiger partial charge in [-0.2, -0.15) is 16.9 Å². The van der Waals surface area contributed by atoms with Gasteiger partial charge in [-0.1, -0.05) is 13.8 Å². The zero-order valence-corrected chi connectivity index (χ0v) is 10.4. The zero-order chi connectivity index (χ0) is 11.3. The van der Waals surface area contributed by atoms with E-state index in [0.717, 1.165) is 18.0 Å². The average molecular weight is 228 g/mol. The third-order valence-electron chi connectivity index (χ3n) is 2.20. The molecule has 0 bridgehead atoms. The fourth-order valence-electron chi connectivity index (χ4n) is 1.41. The Hall–Kier alpha value is -0.520. The lowest BCUT2D eigenvalue weighted by Crippen LogP contribution is -2.31. The van der Waals surface area contributed by atoms with Crippen LogP contribution in [0.15, 0.2) is 12.3 Å². The summed E-state index contributed by atoms with van der Waals surface area (Å²) in [6.07, 6.45) is 1.82. The van der Waals surface area contributed by atoms with Gasteiger partial charge in [0.05, 0.1) is 11.7 Å². The molecule has 0 aliphatic heterocycles. The van der Waals surface area contributed by atoms with Crippen LogP contribution >= 0.6 is 11.8 Å². The molecule has 1 aromatic rings. The highest BCUT2D eigenvalue weighted by Gasteiger charge is 2.14. The van der Waals surface area contributed by atoms with Crippen molar-refractivity contribution in [1.29, 1.82) is 0 Å². The molecule has 0 amide bonds. The largest absolute Gasteiger partial charge is 0.271 e. The van der Waals surface area contributed by atoms with Crippen molar-refractivity contribution in [2.75, 3.05) is 5.75 Å². The molecular weight excluding hydrogens is 208 g/mol. The maximum absolute atomic E-state index is 5.57. The first-order valence-corrected chi connectivity index (χ1v) is 6.33. The highest BCUT2D eigenvalue weighted by molar-refractivity contribution is 7.99. The summed E-state index contributed by atoms with van der Waals surface area (Å²) in [5, 5.41) is 4.87. The molecule has 1 atom stereocenters. The van der Waals surface area contributed by atoms with Crippen LogP contribution in [0.4, 0.5) is 0 Å². The van der Waals surface area contributed by atoms with Crippen LogP contribution in [0.3, 0.4) is 0 Å². The number of aromatic nitrogens is 2. The highest BCUT2D eigenvalue weighted by Crippen LogP contribution is 2.20. The molecule has 1 unspecified atom stereocenters. The predicted molar refractivity (Wildman–Crippen MR) is 65.6 cm³/mol. The van der Waals surface area contributed by atoms with Crippen molar-refractivity contribution >= 4 is 11.8 Å². The Bertz CT molecular complexity index is 285. The molecular formula is C10H20N4S. The molecule has 86 valence electrons. The fourth-order valence-corrected chi connectivity index (χ4v) is 2.26. The van der Waals surface area contributed by atoms with Crippen molar-refractivity contribution in [3.8, 4) is 0 Å². The Labute approximate surface area is 95.6 Å². The molecule has 5 heteroatoms. The normalized spacial score (nSPS) is 13.4. The number of aryl methyl sites for hydroxylation is 1. The minimum Gasteiger partial charge on any atom is -0.271 e. The van der Waals surface area contributed by atoms with E-state index in [2.05, 4.69) is 31.3 Å². The predicted octanol–water partition coefficient (Wildman–Crippen LogP) is 1.55. The fraction of sp³-hybridized carbons (Fsp3) is 0.700. The maximum atomic E-state index is 5.57. The summed E-state index contributed by atoms with van der Waals surface area (Å²) in [4.78, 5) is 0. The minimum atomic E-state index is 0.180. The first kappa shape index (κ1) is 12.5. The topological polar surface area (TPSA) is 55.9 Å². The molecule has 0 aliphatic rings. The second-order valence-electron chi connectivity index (χ2n) is 3.67. The van der Waals surface area contributed by atoms with E-state index in [9.17, 15) is 0 Å². The van der Waals surface area contributed by atoms with Gasteiger partial charge in [0.25, 0.3) is 0 Å². The van der Waals surface area contributed by atoms with Crippen LogP contribution in [0.2, 0.25) is 0 Å². The molecule has 1 rings (SSSR count). The molecule has 0 radical (unpaired) electrons. The smallest absolute Gasteiger partial charge is 0.0719 e. The summed E-state index contributed by atoms with van der Waals surface area (Å²) in [5.74, 6) is 6.54. The van der Waals surface area contributed by atoms with Crippen LogP contribution in [-0.2, 0) is 6.54 Å². The van der Waals surface area contributed by atoms with Crippen molar-refractivity contribution in [2.24, 2.45) is 5.84 Å². The van der Waals surface area contributed by atoms with Gasteiger partial charge in [-0.3, -0.25) is 16.0 Å². The molecule has 0 aliphatic carbocycles. The number of nitrogens with one attached hydrogen (secondary N) is 1. The molecule has 0 saturated carbocycles. The Morgan fingerprint density at radius 3 is 2.87 bits per heavy atom. The molecule has 0 saturated heterocycles. The summed E-state index contributed by atoms with van der Waals surface area (Å²) in [6.45, 7) is 7.34. The third-order valence-corrected chi connectivity index (χ3v) is 3.40. The van der Waals surface area contributed by atoms with Crippen molar-refractivity contribution in [3.63, 3.8) is 0 Å². The average Bonchev–Trinajstić information content (AvgIpc) is 2.66. The molecule has 0 aromatic carbocycles. The SMILES string of the molecule is CCn1nccc1C(CSC(C)C)NN. The number of nitrogens with two attached hydrogens (primary N) is 1. The minimum absolute atomic E-state index is 0.180. The number of rotatable bonds is 6. The van der Waals surface area contributed by atoms with Crippen LogP contribution in [0, 0.1) is 0 Å². The number of hydrogen-bond acceptors (Lipinski definition) is 4. The van der Waals surface area contributed by atoms with Gasteiger partial charge in [0, 0.05) is 18.5 Å². The van der Waals surface area contributed by atoms with Gasteiger partial charge in [0.15, 0.2) is 0 Å². The van der Waals surface area contributed by atoms with Gasteiger partial charge in [0.2, 0.25) is 0 Å². The molecule has 15 heavy (non-hydrogen) atoms. The summed E-state index contributed by atoms with van der Waals surface area (Å²) in [5.41, 5.74) is 4.01. The first-order chi connectivity index (χ1) is 7.19. The molecule has 4 nitrogen and oxygen atoms in total. The van der Waals surface area contributed by atoms with E-state index >= 15 is 0 Å². The number of thioether (sulfide) groups is 1. The molecule has 1 aromatic heterocycles. The van der Waals surface area contributed by atoms with E-state index in [1.165, 1.54) is 0 Å². The summed E-state index contributed by atoms with van der Waals surface area (Å²) < 4.78 is 1.98. The molecule has 0 spiro atoms. The summed E-state index contributed by atoms with van der Waals surface area (Å²) in [6, 6.07) is 2.20. The van der Waals surface area contributed by atoms with E-state index in [4.69, 9.17) is 5.84 Å². The molecule has 0 fully saturated rings. The number of nitrogens with zero attached hydrogens (tertiary/aromatic N) is 2. The summed E-state index contributed by atoms with van der Waals surface area (Å²) >= 11 is 1.90. The summed E-state index contributed by atoms with van der Waals surface area (Å²) in [7, 11) is 0. The zero-order valence-electron chi connectivity index (χ0n) is 9.60. The quantitative estimate of drug-likeness (QED) is 0.573. The maximum Gasteiger partial charge on any atom is 0.0719 e. The lowest BCUT2D eigenvalue weighted by molar-refractivity contribution is 0.527. The second-order valence-corrected chi connectivity index (χ2v) is 5.28. The third kappa shape index (κ3) is 3.52. The van der Waals surface area contributed by atoms with Crippen molar-refractivity contribution in [3.05, 3.63) is 18.0 Å². The van der Waals surface area contributed by atoms with Crippen molar-refractivity contribution in [2.45, 2.75) is 38.6 Å². The van der Waals surface area contributed by atoms with Gasteiger partial charge in [-0.25, -0.2) is 0 Å². The monoisotopic (exact) mass is 228 g/mol. The molecule has 1 heterocycles. The second kappa shape index (κ2) is 6.15. The van der Waals surface area contributed by atoms with Crippen molar-refractivity contribution < 1.29 is 0 Å². The Kier molecular flexibility index (Phi) is 5.14. The van der Waals surface area contributed by atoms with Gasteiger partial charge >= 0.3 is 0 Å². The van der Waals surface area contributed by atoms with E-state index < -0.39 is 0 Å². The van der Waals surface area contributed by atoms with E-state index in [1.807, 2.05) is 28.7 Å². The van der Waals surface area contributed by atoms with Gasteiger partial charge < -0.3 is 0 Å². The number of hydrazine groups is 1. The Morgan fingerprint density at radius 2 is 2.33 bits per heavy atom. The van der Waals surface area contributed by atoms with Gasteiger partial charge in [0.1, 0.15) is 0 Å². The lowest BCUT2D eigenvalue weighted by Gasteiger charge is -2.17. The highest BCUT2D eigenvalue weighted by atomic mass is 32.2. The van der Waals surface area contributed by atoms with Crippen LogP contribution in [0.5, 0.6) is 0 Å². The van der Waals surface area contributed by atoms with Crippen molar-refractivity contribution in [1.82, 2.24) is 15.2 Å². The van der Waals surface area contributed by atoms with E-state index in [-0.39, 0.29) is 6.04 Å². The van der Waals surface area contributed by atoms with Crippen LogP contribution in [0.1, 0.15) is 32.5 Å².